The van der Waals surface area contributed by atoms with Crippen molar-refractivity contribution in [3.8, 4) is 0 Å². The number of aryl methyl sites for hydroxylation is 1. The first-order valence-electron chi connectivity index (χ1n) is 7.47. The molecule has 3 nitrogen and oxygen atoms in total. The van der Waals surface area contributed by atoms with Gasteiger partial charge in [0.25, 0.3) is 0 Å². The number of benzene rings is 1. The highest BCUT2D eigenvalue weighted by molar-refractivity contribution is 5.21. The van der Waals surface area contributed by atoms with Gasteiger partial charge in [-0.25, -0.2) is 0 Å². The van der Waals surface area contributed by atoms with Gasteiger partial charge in [0, 0.05) is 19.1 Å². The van der Waals surface area contributed by atoms with Crippen molar-refractivity contribution < 1.29 is 9.84 Å². The minimum atomic E-state index is -0.440. The van der Waals surface area contributed by atoms with E-state index < -0.39 is 6.10 Å². The normalized spacial score (nSPS) is 13.4. The molecule has 1 atom stereocenters. The predicted octanol–water partition coefficient (Wildman–Crippen LogP) is 2.99. The highest BCUT2D eigenvalue weighted by atomic mass is 16.5. The number of aliphatic hydroxyl groups excluding tert-OH is 1. The molecule has 0 aromatic heterocycles. The molecule has 0 unspecified atom stereocenters. The van der Waals surface area contributed by atoms with E-state index in [1.54, 1.807) is 0 Å². The number of ether oxygens (including phenoxy) is 1. The topological polar surface area (TPSA) is 32.7 Å². The average molecular weight is 279 g/mol. The van der Waals surface area contributed by atoms with E-state index in [9.17, 15) is 5.11 Å². The zero-order valence-corrected chi connectivity index (χ0v) is 13.5. The maximum atomic E-state index is 10.1. The maximum absolute atomic E-state index is 10.1. The summed E-state index contributed by atoms with van der Waals surface area (Å²) in [6.45, 7) is 12.3. The fourth-order valence-electron chi connectivity index (χ4n) is 2.01. The number of nitrogens with zero attached hydrogens (tertiary/aromatic N) is 1. The largest absolute Gasteiger partial charge is 0.389 e. The van der Waals surface area contributed by atoms with Crippen LogP contribution in [0.3, 0.4) is 0 Å². The number of aliphatic hydroxyl groups is 1. The van der Waals surface area contributed by atoms with E-state index in [2.05, 4.69) is 49.9 Å². The van der Waals surface area contributed by atoms with Crippen molar-refractivity contribution in [3.63, 3.8) is 0 Å². The van der Waals surface area contributed by atoms with Crippen molar-refractivity contribution >= 4 is 0 Å². The molecule has 3 heteroatoms. The SMILES string of the molecule is Cc1ccc(CN(C[C@H](O)COC(C)C)C(C)C)cc1. The van der Waals surface area contributed by atoms with Gasteiger partial charge in [0.2, 0.25) is 0 Å². The second-order valence-electron chi connectivity index (χ2n) is 6.04. The van der Waals surface area contributed by atoms with E-state index in [1.807, 2.05) is 13.8 Å². The average Bonchev–Trinajstić information content (AvgIpc) is 2.38. The molecular formula is C17H29NO2. The lowest BCUT2D eigenvalue weighted by Crippen LogP contribution is -2.39. The molecule has 0 saturated carbocycles. The van der Waals surface area contributed by atoms with Crippen molar-refractivity contribution in [2.75, 3.05) is 13.2 Å². The van der Waals surface area contributed by atoms with Gasteiger partial charge >= 0.3 is 0 Å². The first-order valence-corrected chi connectivity index (χ1v) is 7.47. The van der Waals surface area contributed by atoms with Crippen LogP contribution in [0.15, 0.2) is 24.3 Å². The van der Waals surface area contributed by atoms with Crippen LogP contribution in [0, 0.1) is 6.92 Å². The van der Waals surface area contributed by atoms with Gasteiger partial charge in [-0.15, -0.1) is 0 Å². The van der Waals surface area contributed by atoms with E-state index in [-0.39, 0.29) is 6.10 Å². The zero-order valence-electron chi connectivity index (χ0n) is 13.5. The summed E-state index contributed by atoms with van der Waals surface area (Å²) < 4.78 is 5.47. The second kappa shape index (κ2) is 8.40. The lowest BCUT2D eigenvalue weighted by atomic mass is 10.1. The van der Waals surface area contributed by atoms with E-state index in [4.69, 9.17) is 4.74 Å². The Kier molecular flexibility index (Phi) is 7.20. The molecule has 1 aromatic rings. The molecule has 0 aliphatic rings. The minimum Gasteiger partial charge on any atom is -0.389 e. The molecule has 0 heterocycles. The summed E-state index contributed by atoms with van der Waals surface area (Å²) in [5, 5.41) is 10.1. The second-order valence-corrected chi connectivity index (χ2v) is 6.04. The van der Waals surface area contributed by atoms with Gasteiger partial charge < -0.3 is 9.84 Å². The molecule has 0 fully saturated rings. The van der Waals surface area contributed by atoms with Gasteiger partial charge in [0.1, 0.15) is 0 Å². The van der Waals surface area contributed by atoms with Crippen LogP contribution in [0.4, 0.5) is 0 Å². The van der Waals surface area contributed by atoms with Gasteiger partial charge in [-0.2, -0.15) is 0 Å². The van der Waals surface area contributed by atoms with Crippen molar-refractivity contribution in [1.82, 2.24) is 4.90 Å². The molecule has 0 spiro atoms. The Hall–Kier alpha value is -0.900. The summed E-state index contributed by atoms with van der Waals surface area (Å²) in [5.41, 5.74) is 2.55. The van der Waals surface area contributed by atoms with Crippen LogP contribution < -0.4 is 0 Å². The Morgan fingerprint density at radius 2 is 1.70 bits per heavy atom. The standard InChI is InChI=1S/C17H29NO2/c1-13(2)18(11-17(19)12-20-14(3)4)10-16-8-6-15(5)7-9-16/h6-9,13-14,17,19H,10-12H2,1-5H3/t17-/m0/s1. The fourth-order valence-corrected chi connectivity index (χ4v) is 2.01. The van der Waals surface area contributed by atoms with Crippen LogP contribution in [0.25, 0.3) is 0 Å². The smallest absolute Gasteiger partial charge is 0.0900 e. The van der Waals surface area contributed by atoms with Crippen LogP contribution in [0.5, 0.6) is 0 Å². The van der Waals surface area contributed by atoms with Crippen molar-refractivity contribution in [3.05, 3.63) is 35.4 Å². The Morgan fingerprint density at radius 1 is 1.10 bits per heavy atom. The van der Waals surface area contributed by atoms with Gasteiger partial charge in [0.05, 0.1) is 18.8 Å². The third-order valence-electron chi connectivity index (χ3n) is 3.30. The van der Waals surface area contributed by atoms with Gasteiger partial charge in [-0.1, -0.05) is 29.8 Å². The van der Waals surface area contributed by atoms with Crippen LogP contribution in [0.1, 0.15) is 38.8 Å². The Labute approximate surface area is 123 Å². The van der Waals surface area contributed by atoms with E-state index >= 15 is 0 Å². The lowest BCUT2D eigenvalue weighted by Gasteiger charge is -2.29. The third kappa shape index (κ3) is 6.51. The van der Waals surface area contributed by atoms with Crippen molar-refractivity contribution in [2.45, 2.75) is 59.4 Å². The van der Waals surface area contributed by atoms with Crippen molar-refractivity contribution in [2.24, 2.45) is 0 Å². The van der Waals surface area contributed by atoms with Gasteiger partial charge in [-0.3, -0.25) is 4.90 Å². The first kappa shape index (κ1) is 17.2. The van der Waals surface area contributed by atoms with Crippen LogP contribution >= 0.6 is 0 Å². The summed E-state index contributed by atoms with van der Waals surface area (Å²) in [6.07, 6.45) is -0.278. The summed E-state index contributed by atoms with van der Waals surface area (Å²) in [6, 6.07) is 8.96. The Balaban J connectivity index is 2.53. The molecule has 0 aliphatic heterocycles. The van der Waals surface area contributed by atoms with Crippen molar-refractivity contribution in [1.29, 1.82) is 0 Å². The minimum absolute atomic E-state index is 0.161. The lowest BCUT2D eigenvalue weighted by molar-refractivity contribution is -0.0136. The molecule has 20 heavy (non-hydrogen) atoms. The zero-order chi connectivity index (χ0) is 15.1. The summed E-state index contributed by atoms with van der Waals surface area (Å²) in [4.78, 5) is 2.28. The van der Waals surface area contributed by atoms with Gasteiger partial charge in [-0.05, 0) is 40.2 Å². The van der Waals surface area contributed by atoms with Crippen LogP contribution in [-0.2, 0) is 11.3 Å². The molecule has 0 radical (unpaired) electrons. The Morgan fingerprint density at radius 3 is 2.20 bits per heavy atom. The molecule has 0 amide bonds. The molecule has 0 bridgehead atoms. The molecule has 1 aromatic carbocycles. The molecule has 114 valence electrons. The molecule has 1 rings (SSSR count). The third-order valence-corrected chi connectivity index (χ3v) is 3.30. The molecule has 0 saturated heterocycles. The van der Waals surface area contributed by atoms with E-state index in [0.717, 1.165) is 6.54 Å². The summed E-state index contributed by atoms with van der Waals surface area (Å²) >= 11 is 0. The van der Waals surface area contributed by atoms with E-state index in [0.29, 0.717) is 19.2 Å². The Bertz CT molecular complexity index is 373. The number of hydrogen-bond donors (Lipinski definition) is 1. The summed E-state index contributed by atoms with van der Waals surface area (Å²) in [7, 11) is 0. The van der Waals surface area contributed by atoms with E-state index in [1.165, 1.54) is 11.1 Å². The number of hydrogen-bond acceptors (Lipinski definition) is 3. The molecule has 0 aliphatic carbocycles. The molecule has 1 N–H and O–H groups in total. The highest BCUT2D eigenvalue weighted by Crippen LogP contribution is 2.10. The maximum Gasteiger partial charge on any atom is 0.0900 e. The monoisotopic (exact) mass is 279 g/mol. The number of rotatable bonds is 8. The van der Waals surface area contributed by atoms with Crippen LogP contribution in [0.2, 0.25) is 0 Å². The summed E-state index contributed by atoms with van der Waals surface area (Å²) in [5.74, 6) is 0. The predicted molar refractivity (Wildman–Crippen MR) is 83.8 cm³/mol. The fraction of sp³-hybridized carbons (Fsp3) is 0.647. The molecular weight excluding hydrogens is 250 g/mol. The quantitative estimate of drug-likeness (QED) is 0.794. The highest BCUT2D eigenvalue weighted by Gasteiger charge is 2.15. The first-order chi connectivity index (χ1) is 9.38. The van der Waals surface area contributed by atoms with Gasteiger partial charge in [0.15, 0.2) is 0 Å². The van der Waals surface area contributed by atoms with Crippen LogP contribution in [-0.4, -0.2) is 41.4 Å².